The van der Waals surface area contributed by atoms with Crippen molar-refractivity contribution in [2.24, 2.45) is 5.10 Å². The van der Waals surface area contributed by atoms with E-state index in [0.717, 1.165) is 11.3 Å². The monoisotopic (exact) mass is 263 g/mol. The normalized spacial score (nSPS) is 11.8. The molecule has 0 radical (unpaired) electrons. The molecule has 0 spiro atoms. The lowest BCUT2D eigenvalue weighted by atomic mass is 10.2. The van der Waals surface area contributed by atoms with Crippen LogP contribution in [0.5, 0.6) is 0 Å². The Morgan fingerprint density at radius 2 is 1.94 bits per heavy atom. The van der Waals surface area contributed by atoms with E-state index in [9.17, 15) is 8.42 Å². The van der Waals surface area contributed by atoms with Gasteiger partial charge in [-0.3, -0.25) is 0 Å². The lowest BCUT2D eigenvalue weighted by molar-refractivity contribution is 0.584. The first-order chi connectivity index (χ1) is 8.58. The first kappa shape index (κ1) is 12.4. The summed E-state index contributed by atoms with van der Waals surface area (Å²) < 4.78 is 23.7. The van der Waals surface area contributed by atoms with Gasteiger partial charge in [0, 0.05) is 6.20 Å². The second kappa shape index (κ2) is 5.05. The van der Waals surface area contributed by atoms with Gasteiger partial charge in [-0.15, -0.1) is 0 Å². The number of sulfonamides is 1. The summed E-state index contributed by atoms with van der Waals surface area (Å²) in [5.41, 5.74) is 1.73. The molecular weight excluding hydrogens is 250 g/mol. The Morgan fingerprint density at radius 3 is 2.56 bits per heavy atom. The Morgan fingerprint density at radius 1 is 1.22 bits per heavy atom. The molecule has 0 saturated carbocycles. The van der Waals surface area contributed by atoms with E-state index in [2.05, 4.69) is 14.9 Å². The molecule has 0 fully saturated rings. The Balaban J connectivity index is 2.10. The second-order valence-electron chi connectivity index (χ2n) is 3.79. The minimum Gasteiger partial charge on any atom is -0.360 e. The molecule has 0 saturated heterocycles. The van der Waals surface area contributed by atoms with Crippen molar-refractivity contribution in [3.8, 4) is 0 Å². The van der Waals surface area contributed by atoms with Crippen LogP contribution in [0.4, 0.5) is 0 Å². The summed E-state index contributed by atoms with van der Waals surface area (Å²) in [7, 11) is -3.59. The highest BCUT2D eigenvalue weighted by Gasteiger charge is 2.11. The summed E-state index contributed by atoms with van der Waals surface area (Å²) >= 11 is 0. The molecule has 0 unspecified atom stereocenters. The fourth-order valence-corrected chi connectivity index (χ4v) is 2.15. The molecule has 0 aliphatic heterocycles. The highest BCUT2D eigenvalue weighted by Crippen LogP contribution is 2.09. The molecular formula is C12H13N3O2S. The zero-order valence-electron chi connectivity index (χ0n) is 9.79. The molecule has 0 aliphatic carbocycles. The summed E-state index contributed by atoms with van der Waals surface area (Å²) in [6.07, 6.45) is 3.14. The maximum absolute atomic E-state index is 11.8. The number of benzene rings is 1. The zero-order chi connectivity index (χ0) is 13.0. The summed E-state index contributed by atoms with van der Waals surface area (Å²) in [5.74, 6) is 0. The van der Waals surface area contributed by atoms with E-state index in [-0.39, 0.29) is 4.90 Å². The van der Waals surface area contributed by atoms with Gasteiger partial charge >= 0.3 is 0 Å². The molecule has 0 aliphatic rings. The van der Waals surface area contributed by atoms with Crippen molar-refractivity contribution in [1.82, 2.24) is 9.82 Å². The molecule has 2 aromatic rings. The van der Waals surface area contributed by atoms with E-state index < -0.39 is 10.0 Å². The first-order valence-corrected chi connectivity index (χ1v) is 6.81. The van der Waals surface area contributed by atoms with Gasteiger partial charge < -0.3 is 4.98 Å². The third kappa shape index (κ3) is 2.98. The van der Waals surface area contributed by atoms with E-state index in [1.165, 1.54) is 6.21 Å². The predicted molar refractivity (Wildman–Crippen MR) is 69.9 cm³/mol. The molecule has 1 aromatic heterocycles. The predicted octanol–water partition coefficient (Wildman–Crippen LogP) is 1.64. The second-order valence-corrected chi connectivity index (χ2v) is 5.45. The molecule has 0 amide bonds. The minimum absolute atomic E-state index is 0.191. The summed E-state index contributed by atoms with van der Waals surface area (Å²) in [6.45, 7) is 1.90. The lowest BCUT2D eigenvalue weighted by Gasteiger charge is -2.03. The van der Waals surface area contributed by atoms with Gasteiger partial charge in [-0.2, -0.15) is 13.5 Å². The van der Waals surface area contributed by atoms with Gasteiger partial charge in [-0.25, -0.2) is 4.83 Å². The van der Waals surface area contributed by atoms with Crippen LogP contribution in [0.1, 0.15) is 11.3 Å². The summed E-state index contributed by atoms with van der Waals surface area (Å²) in [4.78, 5) is 5.23. The number of rotatable bonds is 4. The van der Waals surface area contributed by atoms with Crippen LogP contribution in [0.2, 0.25) is 0 Å². The highest BCUT2D eigenvalue weighted by atomic mass is 32.2. The minimum atomic E-state index is -3.59. The molecule has 18 heavy (non-hydrogen) atoms. The van der Waals surface area contributed by atoms with Gasteiger partial charge in [0.15, 0.2) is 0 Å². The van der Waals surface area contributed by atoms with Gasteiger partial charge in [0.25, 0.3) is 10.0 Å². The van der Waals surface area contributed by atoms with Crippen LogP contribution in [0.15, 0.2) is 52.6 Å². The Kier molecular flexibility index (Phi) is 3.47. The van der Waals surface area contributed by atoms with E-state index in [1.54, 1.807) is 42.6 Å². The van der Waals surface area contributed by atoms with Crippen molar-refractivity contribution in [1.29, 1.82) is 0 Å². The number of aromatic amines is 1. The molecule has 5 nitrogen and oxygen atoms in total. The van der Waals surface area contributed by atoms with Crippen molar-refractivity contribution in [2.45, 2.75) is 11.8 Å². The fourth-order valence-electron chi connectivity index (χ4n) is 1.36. The first-order valence-electron chi connectivity index (χ1n) is 5.33. The molecule has 94 valence electrons. The summed E-state index contributed by atoms with van der Waals surface area (Å²) in [6, 6.07) is 10.1. The lowest BCUT2D eigenvalue weighted by Crippen LogP contribution is -2.18. The van der Waals surface area contributed by atoms with Crippen LogP contribution in [0.25, 0.3) is 0 Å². The van der Waals surface area contributed by atoms with Crippen LogP contribution < -0.4 is 4.83 Å². The average molecular weight is 263 g/mol. The van der Waals surface area contributed by atoms with Crippen LogP contribution >= 0.6 is 0 Å². The van der Waals surface area contributed by atoms with Gasteiger partial charge in [0.2, 0.25) is 0 Å². The quantitative estimate of drug-likeness (QED) is 0.650. The van der Waals surface area contributed by atoms with Crippen molar-refractivity contribution in [3.05, 3.63) is 53.9 Å². The number of H-pyrrole nitrogens is 1. The molecule has 1 heterocycles. The van der Waals surface area contributed by atoms with E-state index in [4.69, 9.17) is 0 Å². The topological polar surface area (TPSA) is 74.3 Å². The third-order valence-electron chi connectivity index (χ3n) is 2.33. The van der Waals surface area contributed by atoms with Gasteiger partial charge in [0.1, 0.15) is 0 Å². The Bertz CT molecular complexity index is 628. The maximum Gasteiger partial charge on any atom is 0.276 e. The third-order valence-corrected chi connectivity index (χ3v) is 3.57. The van der Waals surface area contributed by atoms with Gasteiger partial charge in [-0.1, -0.05) is 17.7 Å². The molecule has 1 aromatic carbocycles. The Labute approximate surface area is 106 Å². The SMILES string of the molecule is Cc1ccc(S(=O)(=O)N/N=C/c2ccc[nH]2)cc1. The largest absolute Gasteiger partial charge is 0.360 e. The van der Waals surface area contributed by atoms with Crippen molar-refractivity contribution >= 4 is 16.2 Å². The number of aryl methyl sites for hydroxylation is 1. The molecule has 0 bridgehead atoms. The highest BCUT2D eigenvalue weighted by molar-refractivity contribution is 7.89. The van der Waals surface area contributed by atoms with Crippen molar-refractivity contribution < 1.29 is 8.42 Å². The maximum atomic E-state index is 11.8. The van der Waals surface area contributed by atoms with Crippen LogP contribution in [-0.2, 0) is 10.0 Å². The smallest absolute Gasteiger partial charge is 0.276 e. The fraction of sp³-hybridized carbons (Fsp3) is 0.0833. The number of nitrogens with zero attached hydrogens (tertiary/aromatic N) is 1. The number of hydrazone groups is 1. The Hall–Kier alpha value is -2.08. The van der Waals surface area contributed by atoms with Gasteiger partial charge in [0.05, 0.1) is 16.8 Å². The molecule has 6 heteroatoms. The standard InChI is InChI=1S/C12H13N3O2S/c1-10-4-6-12(7-5-10)18(16,17)15-14-9-11-3-2-8-13-11/h2-9,13,15H,1H3/b14-9+. The average Bonchev–Trinajstić information content (AvgIpc) is 2.82. The number of aromatic nitrogens is 1. The van der Waals surface area contributed by atoms with Crippen molar-refractivity contribution in [3.63, 3.8) is 0 Å². The van der Waals surface area contributed by atoms with Crippen LogP contribution in [-0.4, -0.2) is 19.6 Å². The van der Waals surface area contributed by atoms with E-state index in [0.29, 0.717) is 0 Å². The number of hydrogen-bond donors (Lipinski definition) is 2. The van der Waals surface area contributed by atoms with E-state index in [1.807, 2.05) is 6.92 Å². The molecule has 2 N–H and O–H groups in total. The number of hydrogen-bond acceptors (Lipinski definition) is 3. The van der Waals surface area contributed by atoms with Crippen LogP contribution in [0.3, 0.4) is 0 Å². The summed E-state index contributed by atoms with van der Waals surface area (Å²) in [5, 5.41) is 3.69. The number of nitrogens with one attached hydrogen (secondary N) is 2. The zero-order valence-corrected chi connectivity index (χ0v) is 10.6. The van der Waals surface area contributed by atoms with E-state index >= 15 is 0 Å². The molecule has 0 atom stereocenters. The van der Waals surface area contributed by atoms with Crippen LogP contribution in [0, 0.1) is 6.92 Å². The van der Waals surface area contributed by atoms with Crippen molar-refractivity contribution in [2.75, 3.05) is 0 Å². The molecule has 2 rings (SSSR count). The van der Waals surface area contributed by atoms with Gasteiger partial charge in [-0.05, 0) is 31.2 Å².